The van der Waals surface area contributed by atoms with Crippen LogP contribution in [0.3, 0.4) is 0 Å². The summed E-state index contributed by atoms with van der Waals surface area (Å²) in [6.07, 6.45) is 2.13. The second-order valence-corrected chi connectivity index (χ2v) is 11.4. The summed E-state index contributed by atoms with van der Waals surface area (Å²) in [5, 5.41) is 21.3. The van der Waals surface area contributed by atoms with Crippen molar-refractivity contribution in [2.75, 3.05) is 39.2 Å². The van der Waals surface area contributed by atoms with Gasteiger partial charge in [0, 0.05) is 38.2 Å². The van der Waals surface area contributed by atoms with E-state index >= 15 is 0 Å². The van der Waals surface area contributed by atoms with E-state index in [2.05, 4.69) is 25.5 Å². The van der Waals surface area contributed by atoms with Crippen molar-refractivity contribution in [3.63, 3.8) is 0 Å². The number of hydrogen-bond acceptors (Lipinski definition) is 10. The van der Waals surface area contributed by atoms with Crippen LogP contribution in [0.4, 0.5) is 10.6 Å². The third-order valence-electron chi connectivity index (χ3n) is 7.13. The minimum Gasteiger partial charge on any atom is -0.480 e. The van der Waals surface area contributed by atoms with Crippen LogP contribution in [0.5, 0.6) is 5.88 Å². The summed E-state index contributed by atoms with van der Waals surface area (Å²) in [7, 11) is 3.03. The second kappa shape index (κ2) is 12.3. The Morgan fingerprint density at radius 1 is 1.14 bits per heavy atom. The number of carboxylic acids is 1. The lowest BCUT2D eigenvalue weighted by molar-refractivity contribution is -0.134. The topological polar surface area (TPSA) is 174 Å². The molecule has 0 radical (unpaired) electrons. The Balaban J connectivity index is 1.58. The maximum atomic E-state index is 13.4. The van der Waals surface area contributed by atoms with Gasteiger partial charge in [0.2, 0.25) is 0 Å². The van der Waals surface area contributed by atoms with Gasteiger partial charge in [-0.25, -0.2) is 4.79 Å². The Bertz CT molecular complexity index is 1710. The molecule has 0 bridgehead atoms. The first kappa shape index (κ1) is 30.5. The van der Waals surface area contributed by atoms with Crippen LogP contribution >= 0.6 is 0 Å². The summed E-state index contributed by atoms with van der Waals surface area (Å²) in [5.41, 5.74) is 1.83. The molecule has 1 aromatic carbocycles. The maximum Gasteiger partial charge on any atom is 0.419 e. The van der Waals surface area contributed by atoms with Crippen molar-refractivity contribution in [1.82, 2.24) is 29.6 Å². The number of aliphatic carboxylic acids is 1. The Labute approximate surface area is 253 Å². The molecule has 14 heteroatoms. The number of fused-ring (bicyclic) bond motifs is 1. The Kier molecular flexibility index (Phi) is 8.54. The van der Waals surface area contributed by atoms with Crippen molar-refractivity contribution in [1.29, 1.82) is 0 Å². The number of methoxy groups -OCH3 is 2. The number of ether oxygens (including phenoxy) is 3. The number of carbonyl (C=O) groups excluding carboxylic acids is 2. The molecule has 1 aliphatic rings. The molecule has 3 N–H and O–H groups in total. The quantitative estimate of drug-likeness (QED) is 0.254. The van der Waals surface area contributed by atoms with Crippen LogP contribution < -0.4 is 10.1 Å². The molecule has 1 atom stereocenters. The number of rotatable bonds is 9. The van der Waals surface area contributed by atoms with E-state index in [9.17, 15) is 14.4 Å². The predicted octanol–water partition coefficient (Wildman–Crippen LogP) is 3.56. The first-order chi connectivity index (χ1) is 21.0. The molecule has 232 valence electrons. The van der Waals surface area contributed by atoms with E-state index < -0.39 is 17.7 Å². The van der Waals surface area contributed by atoms with Crippen LogP contribution in [0.1, 0.15) is 48.8 Å². The molecule has 3 aromatic heterocycles. The van der Waals surface area contributed by atoms with E-state index in [1.54, 1.807) is 45.0 Å². The average Bonchev–Trinajstić information content (AvgIpc) is 3.72. The number of nitrogens with zero attached hydrogens (tertiary/aromatic N) is 5. The summed E-state index contributed by atoms with van der Waals surface area (Å²) in [5.74, 6) is -0.694. The van der Waals surface area contributed by atoms with Crippen LogP contribution in [0.2, 0.25) is 0 Å². The fraction of sp³-hybridized carbons (Fsp3) is 0.400. The van der Waals surface area contributed by atoms with Gasteiger partial charge in [-0.1, -0.05) is 18.2 Å². The minimum absolute atomic E-state index is 0.0445. The summed E-state index contributed by atoms with van der Waals surface area (Å²) in [4.78, 5) is 46.9. The second-order valence-electron chi connectivity index (χ2n) is 11.4. The van der Waals surface area contributed by atoms with Gasteiger partial charge in [0.05, 0.1) is 18.7 Å². The normalized spacial score (nSPS) is 15.0. The smallest absolute Gasteiger partial charge is 0.419 e. The van der Waals surface area contributed by atoms with E-state index in [4.69, 9.17) is 19.3 Å². The molecule has 4 heterocycles. The molecular formula is C30H35N7O7. The molecular weight excluding hydrogens is 570 g/mol. The number of nitrogens with one attached hydrogen (secondary N) is 2. The van der Waals surface area contributed by atoms with Crippen molar-refractivity contribution in [3.8, 4) is 17.4 Å². The molecule has 1 fully saturated rings. The van der Waals surface area contributed by atoms with E-state index in [0.29, 0.717) is 29.9 Å². The van der Waals surface area contributed by atoms with Gasteiger partial charge in [-0.15, -0.1) is 10.2 Å². The summed E-state index contributed by atoms with van der Waals surface area (Å²) >= 11 is 0. The molecule has 1 amide bonds. The number of para-hydroxylation sites is 1. The van der Waals surface area contributed by atoms with Crippen LogP contribution in [-0.4, -0.2) is 98.3 Å². The third kappa shape index (κ3) is 6.49. The number of amides is 1. The van der Waals surface area contributed by atoms with Crippen LogP contribution in [-0.2, 0) is 20.7 Å². The number of anilines is 1. The van der Waals surface area contributed by atoms with Gasteiger partial charge < -0.3 is 34.5 Å². The highest BCUT2D eigenvalue weighted by atomic mass is 16.6. The van der Waals surface area contributed by atoms with Crippen molar-refractivity contribution < 1.29 is 33.7 Å². The minimum atomic E-state index is -1.06. The average molecular weight is 606 g/mol. The zero-order chi connectivity index (χ0) is 31.6. The van der Waals surface area contributed by atoms with E-state index in [0.717, 1.165) is 17.4 Å². The number of hydrogen-bond donors (Lipinski definition) is 3. The lowest BCUT2D eigenvalue weighted by Crippen LogP contribution is -2.31. The van der Waals surface area contributed by atoms with Gasteiger partial charge >= 0.3 is 12.1 Å². The van der Waals surface area contributed by atoms with Gasteiger partial charge in [-0.05, 0) is 50.5 Å². The highest BCUT2D eigenvalue weighted by Crippen LogP contribution is 2.31. The molecule has 14 nitrogen and oxygen atoms in total. The number of carboxylic acid groups (broad SMARTS) is 1. The van der Waals surface area contributed by atoms with Crippen molar-refractivity contribution >= 4 is 34.7 Å². The molecule has 1 unspecified atom stereocenters. The number of H-pyrrole nitrogens is 1. The van der Waals surface area contributed by atoms with Crippen LogP contribution in [0.15, 0.2) is 36.5 Å². The largest absolute Gasteiger partial charge is 0.480 e. The van der Waals surface area contributed by atoms with E-state index in [-0.39, 0.29) is 48.2 Å². The number of carbonyl (C=O) groups is 3. The van der Waals surface area contributed by atoms with Gasteiger partial charge in [0.15, 0.2) is 17.3 Å². The Morgan fingerprint density at radius 2 is 1.91 bits per heavy atom. The first-order valence-electron chi connectivity index (χ1n) is 14.1. The molecule has 4 aromatic rings. The summed E-state index contributed by atoms with van der Waals surface area (Å²) in [6, 6.07) is 9.13. The van der Waals surface area contributed by atoms with E-state index in [1.165, 1.54) is 11.7 Å². The number of aromatic amines is 1. The Hall–Kier alpha value is -4.98. The van der Waals surface area contributed by atoms with Crippen LogP contribution in [0.25, 0.3) is 22.4 Å². The van der Waals surface area contributed by atoms with Crippen LogP contribution in [0, 0.1) is 0 Å². The van der Waals surface area contributed by atoms with Gasteiger partial charge in [-0.3, -0.25) is 14.2 Å². The zero-order valence-corrected chi connectivity index (χ0v) is 25.2. The molecule has 1 aliphatic heterocycles. The molecule has 0 aliphatic carbocycles. The monoisotopic (exact) mass is 605 g/mol. The number of benzene rings is 1. The molecule has 5 rings (SSSR count). The maximum absolute atomic E-state index is 13.4. The molecule has 0 spiro atoms. The lowest BCUT2D eigenvalue weighted by Gasteiger charge is -2.19. The Morgan fingerprint density at radius 3 is 2.59 bits per heavy atom. The molecule has 44 heavy (non-hydrogen) atoms. The highest BCUT2D eigenvalue weighted by Gasteiger charge is 2.29. The van der Waals surface area contributed by atoms with Gasteiger partial charge in [0.25, 0.3) is 11.8 Å². The van der Waals surface area contributed by atoms with Crippen molar-refractivity contribution in [3.05, 3.63) is 53.3 Å². The van der Waals surface area contributed by atoms with Crippen molar-refractivity contribution in [2.24, 2.45) is 0 Å². The van der Waals surface area contributed by atoms with Crippen molar-refractivity contribution in [2.45, 2.75) is 45.3 Å². The predicted molar refractivity (Wildman–Crippen MR) is 160 cm³/mol. The number of imidazole rings is 1. The number of aromatic nitrogens is 5. The van der Waals surface area contributed by atoms with Gasteiger partial charge in [-0.2, -0.15) is 4.98 Å². The fourth-order valence-corrected chi connectivity index (χ4v) is 5.10. The fourth-order valence-electron chi connectivity index (χ4n) is 5.10. The first-order valence-corrected chi connectivity index (χ1v) is 14.1. The lowest BCUT2D eigenvalue weighted by atomic mass is 10.0. The highest BCUT2D eigenvalue weighted by molar-refractivity contribution is 5.94. The zero-order valence-electron chi connectivity index (χ0n) is 25.2. The third-order valence-corrected chi connectivity index (χ3v) is 7.13. The SMILES string of the molecule is COc1nc(-c2nnc(C(=O)N3CCC(OC)C3)cc2Cc2cn(C(=O)OC(C)(C)C)c3ccccc23)[nH]c1NCC(=O)O. The standard InChI is InChI=1S/C30H35N7O7/c1-30(2,3)44-29(41)37-15-18(20-8-6-7-9-22(20)37)12-17-13-21(28(40)36-11-10-19(16-36)42-4)34-35-24(17)25-32-26(27(33-25)43-5)31-14-23(38)39/h6-9,13,15,19,31H,10-12,14,16H2,1-5H3,(H,32,33)(H,38,39). The van der Waals surface area contributed by atoms with E-state index in [1.807, 2.05) is 24.3 Å². The summed E-state index contributed by atoms with van der Waals surface area (Å²) in [6.45, 7) is 6.03. The molecule has 0 saturated carbocycles. The summed E-state index contributed by atoms with van der Waals surface area (Å²) < 4.78 is 17.9. The molecule has 1 saturated heterocycles. The number of likely N-dealkylation sites (tertiary alicyclic amines) is 1. The van der Waals surface area contributed by atoms with Gasteiger partial charge in [0.1, 0.15) is 17.8 Å².